The van der Waals surface area contributed by atoms with Crippen LogP contribution < -0.4 is 0 Å². The average molecular weight is 335 g/mol. The maximum Gasteiger partial charge on any atom is 0.316 e. The van der Waals surface area contributed by atoms with Crippen molar-refractivity contribution in [1.82, 2.24) is 0 Å². The van der Waals surface area contributed by atoms with Gasteiger partial charge in [-0.15, -0.1) is 0 Å². The van der Waals surface area contributed by atoms with Crippen LogP contribution >= 0.6 is 0 Å². The fourth-order valence-electron chi connectivity index (χ4n) is 4.59. The lowest BCUT2D eigenvalue weighted by Gasteiger charge is -2.49. The minimum absolute atomic E-state index is 0.00107. The van der Waals surface area contributed by atoms with E-state index in [4.69, 9.17) is 8.85 Å². The second-order valence-corrected chi connectivity index (χ2v) is 7.49. The monoisotopic (exact) mass is 335 g/mol. The number of nitrogens with zero attached hydrogens (tertiary/aromatic N) is 1. The van der Waals surface area contributed by atoms with Crippen molar-refractivity contribution in [3.05, 3.63) is 35.9 Å². The number of aliphatic hydroxyl groups excluding tert-OH is 1. The molecule has 1 aromatic carbocycles. The molecule has 2 fully saturated rings. The van der Waals surface area contributed by atoms with Crippen molar-refractivity contribution in [1.29, 1.82) is 0 Å². The number of carbonyl (C=O) groups is 1. The molecule has 4 heteroatoms. The number of fused-ring (bicyclic) bond motifs is 2. The van der Waals surface area contributed by atoms with Crippen LogP contribution in [-0.4, -0.2) is 53.4 Å². The molecule has 4 nitrogen and oxygen atoms in total. The van der Waals surface area contributed by atoms with Crippen LogP contribution in [0, 0.1) is 0 Å². The van der Waals surface area contributed by atoms with Crippen molar-refractivity contribution in [2.45, 2.75) is 69.7 Å². The molecule has 2 bridgehead atoms. The maximum absolute atomic E-state index is 12.7. The van der Waals surface area contributed by atoms with Crippen LogP contribution in [0.5, 0.6) is 0 Å². The second-order valence-electron chi connectivity index (χ2n) is 7.49. The van der Waals surface area contributed by atoms with Crippen LogP contribution in [0.1, 0.15) is 55.1 Å². The van der Waals surface area contributed by atoms with Gasteiger partial charge in [0, 0.05) is 25.7 Å². The Morgan fingerprint density at radius 2 is 1.92 bits per heavy atom. The molecule has 132 valence electrons. The second kappa shape index (κ2) is 6.85. The summed E-state index contributed by atoms with van der Waals surface area (Å²) in [6.07, 6.45) is 2.59. The van der Waals surface area contributed by atoms with Gasteiger partial charge in [0.25, 0.3) is 0 Å². The summed E-state index contributed by atoms with van der Waals surface area (Å²) in [5.74, 6) is -1.12. The first-order valence-corrected chi connectivity index (χ1v) is 8.96. The number of carbonyl (C=O) groups excluding carboxylic acids is 1. The molecule has 0 amide bonds. The highest BCUT2D eigenvalue weighted by Crippen LogP contribution is 2.44. The van der Waals surface area contributed by atoms with E-state index >= 15 is 0 Å². The third-order valence-electron chi connectivity index (χ3n) is 5.92. The number of aliphatic hydroxyl groups is 1. The molecule has 24 heavy (non-hydrogen) atoms. The molecule has 3 atom stereocenters. The first-order valence-electron chi connectivity index (χ1n) is 10.5. The lowest BCUT2D eigenvalue weighted by Crippen LogP contribution is -2.62. The molecule has 1 aromatic rings. The number of hydrogen-bond acceptors (Lipinski definition) is 3. The van der Waals surface area contributed by atoms with E-state index in [0.29, 0.717) is 12.8 Å². The van der Waals surface area contributed by atoms with E-state index in [0.717, 1.165) is 18.4 Å². The van der Waals surface area contributed by atoms with Crippen molar-refractivity contribution in [2.24, 2.45) is 0 Å². The zero-order valence-corrected chi connectivity index (χ0v) is 14.5. The van der Waals surface area contributed by atoms with Crippen LogP contribution in [0.3, 0.4) is 0 Å². The maximum atomic E-state index is 12.7. The molecule has 0 spiro atoms. The molecule has 2 aliphatic heterocycles. The molecule has 0 saturated carbocycles. The summed E-state index contributed by atoms with van der Waals surface area (Å²) < 4.78 is 30.5. The van der Waals surface area contributed by atoms with Gasteiger partial charge in [0.2, 0.25) is 0 Å². The molecular weight excluding hydrogens is 302 g/mol. The zero-order valence-electron chi connectivity index (χ0n) is 17.5. The zero-order chi connectivity index (χ0) is 19.8. The van der Waals surface area contributed by atoms with Gasteiger partial charge in [-0.2, -0.15) is 0 Å². The van der Waals surface area contributed by atoms with E-state index in [2.05, 4.69) is 0 Å². The lowest BCUT2D eigenvalue weighted by molar-refractivity contribution is -0.968. The summed E-state index contributed by atoms with van der Waals surface area (Å²) in [7, 11) is 0. The quantitative estimate of drug-likeness (QED) is 0.665. The Morgan fingerprint density at radius 1 is 1.29 bits per heavy atom. The summed E-state index contributed by atoms with van der Waals surface area (Å²) in [5, 5.41) is 9.68. The molecule has 3 unspecified atom stereocenters. The van der Waals surface area contributed by atoms with Crippen molar-refractivity contribution >= 4 is 5.97 Å². The van der Waals surface area contributed by atoms with Gasteiger partial charge in [0.15, 0.2) is 0 Å². The molecule has 2 heterocycles. The van der Waals surface area contributed by atoms with Crippen LogP contribution in [0.15, 0.2) is 30.3 Å². The van der Waals surface area contributed by atoms with Gasteiger partial charge in [-0.05, 0) is 19.4 Å². The number of benzene rings is 1. The van der Waals surface area contributed by atoms with Crippen LogP contribution in [0.2, 0.25) is 0 Å². The number of rotatable bonds is 5. The van der Waals surface area contributed by atoms with E-state index in [9.17, 15) is 9.90 Å². The number of ether oxygens (including phenoxy) is 1. The van der Waals surface area contributed by atoms with Gasteiger partial charge in [-0.1, -0.05) is 30.3 Å². The Balaban J connectivity index is 1.74. The van der Waals surface area contributed by atoms with E-state index < -0.39 is 18.9 Å². The number of hydrogen-bond donors (Lipinski definition) is 1. The summed E-state index contributed by atoms with van der Waals surface area (Å²) in [5.41, 5.74) is 0.735. The third kappa shape index (κ3) is 2.98. The summed E-state index contributed by atoms with van der Waals surface area (Å²) in [6, 6.07) is 9.11. The van der Waals surface area contributed by atoms with Crippen LogP contribution in [0.25, 0.3) is 0 Å². The number of piperidine rings is 1. The molecule has 2 saturated heterocycles. The third-order valence-corrected chi connectivity index (χ3v) is 5.92. The first kappa shape index (κ1) is 13.9. The number of quaternary nitrogens is 1. The molecular formula is C20H30NO3+. The summed E-state index contributed by atoms with van der Waals surface area (Å²) in [6.45, 7) is 1.61. The average Bonchev–Trinajstić information content (AvgIpc) is 2.83. The van der Waals surface area contributed by atoms with Crippen molar-refractivity contribution < 1.29 is 23.2 Å². The highest BCUT2D eigenvalue weighted by molar-refractivity contribution is 5.78. The van der Waals surface area contributed by atoms with Crippen LogP contribution in [0.4, 0.5) is 0 Å². The van der Waals surface area contributed by atoms with Gasteiger partial charge >= 0.3 is 5.97 Å². The minimum Gasteiger partial charge on any atom is -0.461 e. The Labute approximate surface area is 149 Å². The van der Waals surface area contributed by atoms with E-state index in [-0.39, 0.29) is 35.3 Å². The topological polar surface area (TPSA) is 46.5 Å². The van der Waals surface area contributed by atoms with Crippen molar-refractivity contribution in [3.8, 4) is 0 Å². The fraction of sp³-hybridized carbons (Fsp3) is 0.650. The summed E-state index contributed by atoms with van der Waals surface area (Å²) >= 11 is 0. The van der Waals surface area contributed by atoms with Crippen molar-refractivity contribution in [3.63, 3.8) is 0 Å². The molecule has 2 aliphatic rings. The highest BCUT2D eigenvalue weighted by Gasteiger charge is 2.53. The van der Waals surface area contributed by atoms with E-state index in [1.54, 1.807) is 0 Å². The standard InChI is InChI=1S/C20H30NO3/c1-14(2)21(3)16-9-10-17(21)12-18(11-16)24-20(23)19(13-22)15-7-5-4-6-8-15/h4-8,14,16-19,22H,9-13H2,1-3H3/q+1/i3D3. The van der Waals surface area contributed by atoms with Gasteiger partial charge < -0.3 is 14.3 Å². The summed E-state index contributed by atoms with van der Waals surface area (Å²) in [4.78, 5) is 12.7. The van der Waals surface area contributed by atoms with Crippen molar-refractivity contribution in [2.75, 3.05) is 13.6 Å². The normalized spacial score (nSPS) is 35.8. The lowest BCUT2D eigenvalue weighted by atomic mass is 9.94. The molecule has 0 radical (unpaired) electrons. The fourth-order valence-corrected chi connectivity index (χ4v) is 4.59. The van der Waals surface area contributed by atoms with E-state index in [1.807, 2.05) is 44.2 Å². The SMILES string of the molecule is [2H]C([2H])([2H])[N+]1(C(C)C)C2CCC1CC(OC(=O)C(CO)c1ccccc1)C2. The smallest absolute Gasteiger partial charge is 0.316 e. The number of esters is 1. The predicted octanol–water partition coefficient (Wildman–Crippen LogP) is 2.85. The van der Waals surface area contributed by atoms with Gasteiger partial charge in [0.05, 0.1) is 35.8 Å². The van der Waals surface area contributed by atoms with Gasteiger partial charge in [-0.3, -0.25) is 4.79 Å². The first-order chi connectivity index (χ1) is 12.7. The predicted molar refractivity (Wildman–Crippen MR) is 93.5 cm³/mol. The Kier molecular flexibility index (Phi) is 3.95. The molecule has 3 rings (SSSR count). The Morgan fingerprint density at radius 3 is 2.42 bits per heavy atom. The molecule has 0 aromatic heterocycles. The molecule has 1 N–H and O–H groups in total. The Hall–Kier alpha value is -1.39. The van der Waals surface area contributed by atoms with Crippen LogP contribution in [-0.2, 0) is 9.53 Å². The van der Waals surface area contributed by atoms with Gasteiger partial charge in [-0.25, -0.2) is 0 Å². The Bertz CT molecular complexity index is 648. The van der Waals surface area contributed by atoms with E-state index in [1.165, 1.54) is 0 Å². The minimum atomic E-state index is -2.06. The molecule has 0 aliphatic carbocycles. The highest BCUT2D eigenvalue weighted by atomic mass is 16.5. The largest absolute Gasteiger partial charge is 0.461 e. The van der Waals surface area contributed by atoms with Gasteiger partial charge in [0.1, 0.15) is 12.0 Å².